The fourth-order valence-electron chi connectivity index (χ4n) is 3.38. The van der Waals surface area contributed by atoms with Crippen LogP contribution in [0.2, 0.25) is 0 Å². The number of carbonyl (C=O) groups excluding carboxylic acids is 1. The number of hydrogen-bond donors (Lipinski definition) is 0. The number of nitrogens with zero attached hydrogens (tertiary/aromatic N) is 4. The minimum absolute atomic E-state index is 0.0782. The van der Waals surface area contributed by atoms with Gasteiger partial charge in [-0.25, -0.2) is 14.8 Å². The molecule has 144 valence electrons. The van der Waals surface area contributed by atoms with Crippen molar-refractivity contribution in [3.63, 3.8) is 0 Å². The molecule has 1 saturated heterocycles. The Bertz CT molecular complexity index is 836. The van der Waals surface area contributed by atoms with Crippen LogP contribution < -0.4 is 4.90 Å². The zero-order chi connectivity index (χ0) is 19.2. The standard InChI is InChI=1S/C17H17F3N4O2S/c1-26-13(25)16(17(18,19)20)21-14(23-9-5-2-6-10-23)24-11-7-3-4-8-12(11)27-15(24)22-16/h3-4,7-8H,2,5-6,9-10H2,1H3/t16-/m1/s1. The number of aliphatic imine (C=N–C) groups is 2. The van der Waals surface area contributed by atoms with Crippen LogP contribution in [-0.2, 0) is 9.53 Å². The van der Waals surface area contributed by atoms with E-state index in [0.717, 1.165) is 43.0 Å². The van der Waals surface area contributed by atoms with Crippen LogP contribution in [0.5, 0.6) is 0 Å². The topological polar surface area (TPSA) is 57.5 Å². The maximum Gasteiger partial charge on any atom is 0.446 e. The van der Waals surface area contributed by atoms with E-state index in [1.807, 2.05) is 18.2 Å². The van der Waals surface area contributed by atoms with Gasteiger partial charge < -0.3 is 9.64 Å². The summed E-state index contributed by atoms with van der Waals surface area (Å²) in [6.07, 6.45) is -2.30. The van der Waals surface area contributed by atoms with E-state index >= 15 is 0 Å². The van der Waals surface area contributed by atoms with E-state index in [0.29, 0.717) is 18.8 Å². The van der Waals surface area contributed by atoms with Crippen molar-refractivity contribution in [1.82, 2.24) is 4.90 Å². The van der Waals surface area contributed by atoms with Crippen LogP contribution in [0.4, 0.5) is 18.9 Å². The van der Waals surface area contributed by atoms with Crippen molar-refractivity contribution in [3.05, 3.63) is 24.3 Å². The van der Waals surface area contributed by atoms with Gasteiger partial charge >= 0.3 is 17.8 Å². The molecule has 4 rings (SSSR count). The van der Waals surface area contributed by atoms with Gasteiger partial charge in [0.05, 0.1) is 12.8 Å². The van der Waals surface area contributed by atoms with Gasteiger partial charge in [0.1, 0.15) is 0 Å². The van der Waals surface area contributed by atoms with Crippen LogP contribution in [0.1, 0.15) is 19.3 Å². The predicted molar refractivity (Wildman–Crippen MR) is 95.9 cm³/mol. The number of fused-ring (bicyclic) bond motifs is 3. The highest BCUT2D eigenvalue weighted by Gasteiger charge is 2.66. The van der Waals surface area contributed by atoms with Crippen molar-refractivity contribution in [2.75, 3.05) is 25.1 Å². The minimum atomic E-state index is -5.02. The Labute approximate surface area is 158 Å². The van der Waals surface area contributed by atoms with Crippen molar-refractivity contribution in [2.45, 2.75) is 36.0 Å². The van der Waals surface area contributed by atoms with E-state index in [1.165, 1.54) is 0 Å². The number of methoxy groups -OCH3 is 1. The van der Waals surface area contributed by atoms with E-state index in [2.05, 4.69) is 14.7 Å². The van der Waals surface area contributed by atoms with Crippen LogP contribution in [0, 0.1) is 0 Å². The number of thioether (sulfide) groups is 1. The quantitative estimate of drug-likeness (QED) is 0.680. The van der Waals surface area contributed by atoms with Crippen molar-refractivity contribution in [1.29, 1.82) is 0 Å². The van der Waals surface area contributed by atoms with Crippen LogP contribution in [0.3, 0.4) is 0 Å². The Balaban J connectivity index is 1.90. The van der Waals surface area contributed by atoms with Gasteiger partial charge in [-0.3, -0.25) is 4.90 Å². The molecule has 0 radical (unpaired) electrons. The number of benzene rings is 1. The third kappa shape index (κ3) is 2.77. The second-order valence-electron chi connectivity index (χ2n) is 6.42. The molecular formula is C17H17F3N4O2S. The Morgan fingerprint density at radius 2 is 1.89 bits per heavy atom. The molecule has 3 heterocycles. The Morgan fingerprint density at radius 3 is 2.56 bits per heavy atom. The van der Waals surface area contributed by atoms with Gasteiger partial charge in [-0.05, 0) is 43.2 Å². The van der Waals surface area contributed by atoms with Gasteiger partial charge in [0.2, 0.25) is 5.96 Å². The number of rotatable bonds is 1. The summed E-state index contributed by atoms with van der Waals surface area (Å²) in [5.41, 5.74) is -2.57. The van der Waals surface area contributed by atoms with Crippen LogP contribution in [0.25, 0.3) is 0 Å². The fraction of sp³-hybridized carbons (Fsp3) is 0.471. The molecule has 0 saturated carbocycles. The van der Waals surface area contributed by atoms with E-state index in [4.69, 9.17) is 0 Å². The Morgan fingerprint density at radius 1 is 1.19 bits per heavy atom. The summed E-state index contributed by atoms with van der Waals surface area (Å²) in [7, 11) is 0.912. The molecule has 0 aliphatic carbocycles. The van der Waals surface area contributed by atoms with Crippen molar-refractivity contribution in [2.24, 2.45) is 9.98 Å². The fourth-order valence-corrected chi connectivity index (χ4v) is 4.44. The third-order valence-electron chi connectivity index (χ3n) is 4.72. The Kier molecular flexibility index (Phi) is 4.32. The molecule has 0 N–H and O–H groups in total. The predicted octanol–water partition coefficient (Wildman–Crippen LogP) is 3.24. The highest BCUT2D eigenvalue weighted by Crippen LogP contribution is 2.47. The number of para-hydroxylation sites is 1. The monoisotopic (exact) mass is 398 g/mol. The van der Waals surface area contributed by atoms with Gasteiger partial charge in [0.25, 0.3) is 0 Å². The molecule has 6 nitrogen and oxygen atoms in total. The first-order valence-electron chi connectivity index (χ1n) is 8.54. The number of hydrogen-bond acceptors (Lipinski definition) is 7. The van der Waals surface area contributed by atoms with Gasteiger partial charge in [-0.2, -0.15) is 13.2 Å². The van der Waals surface area contributed by atoms with Crippen molar-refractivity contribution < 1.29 is 22.7 Å². The first-order chi connectivity index (χ1) is 12.9. The summed E-state index contributed by atoms with van der Waals surface area (Å²) in [4.78, 5) is 24.1. The Hall–Kier alpha value is -2.23. The zero-order valence-corrected chi connectivity index (χ0v) is 15.3. The lowest BCUT2D eigenvalue weighted by Crippen LogP contribution is -2.59. The normalized spacial score (nSPS) is 24.7. The molecule has 3 aliphatic heterocycles. The lowest BCUT2D eigenvalue weighted by atomic mass is 10.1. The van der Waals surface area contributed by atoms with Gasteiger partial charge in [0, 0.05) is 18.0 Å². The smallest absolute Gasteiger partial charge is 0.446 e. The van der Waals surface area contributed by atoms with E-state index < -0.39 is 17.8 Å². The largest absolute Gasteiger partial charge is 0.465 e. The highest BCUT2D eigenvalue weighted by atomic mass is 32.2. The molecule has 0 spiro atoms. The zero-order valence-electron chi connectivity index (χ0n) is 14.5. The number of amidine groups is 1. The maximum absolute atomic E-state index is 14.0. The number of carbonyl (C=O) groups is 1. The van der Waals surface area contributed by atoms with Gasteiger partial charge in [-0.1, -0.05) is 12.1 Å². The number of ether oxygens (including phenoxy) is 1. The van der Waals surface area contributed by atoms with Crippen molar-refractivity contribution >= 4 is 34.5 Å². The van der Waals surface area contributed by atoms with E-state index in [9.17, 15) is 18.0 Å². The third-order valence-corrected chi connectivity index (χ3v) is 5.74. The molecule has 1 fully saturated rings. The molecule has 3 aliphatic rings. The van der Waals surface area contributed by atoms with Crippen LogP contribution in [-0.4, -0.2) is 54.0 Å². The summed E-state index contributed by atoms with van der Waals surface area (Å²) in [6, 6.07) is 7.23. The second kappa shape index (κ2) is 6.43. The number of halogens is 3. The number of esters is 1. The molecule has 0 unspecified atom stereocenters. The molecule has 0 amide bonds. The summed E-state index contributed by atoms with van der Waals surface area (Å²) in [5, 5.41) is 0.0782. The minimum Gasteiger partial charge on any atom is -0.465 e. The SMILES string of the molecule is COC(=O)[C@]1(C(F)(F)F)N=C2Sc3ccccc3N2C(N2CCCCC2)=N1. The molecule has 1 aromatic carbocycles. The number of likely N-dealkylation sites (tertiary alicyclic amines) is 1. The first-order valence-corrected chi connectivity index (χ1v) is 9.36. The average Bonchev–Trinajstić information content (AvgIpc) is 3.04. The summed E-state index contributed by atoms with van der Waals surface area (Å²) in [5.74, 6) is -1.44. The lowest BCUT2D eigenvalue weighted by Gasteiger charge is -2.39. The number of alkyl halides is 3. The van der Waals surface area contributed by atoms with E-state index in [1.54, 1.807) is 15.9 Å². The number of guanidine groups is 1. The van der Waals surface area contributed by atoms with Gasteiger partial charge in [0.15, 0.2) is 5.17 Å². The molecule has 0 aromatic heterocycles. The number of anilines is 1. The number of piperidine rings is 1. The molecule has 1 aromatic rings. The molecular weight excluding hydrogens is 381 g/mol. The van der Waals surface area contributed by atoms with Crippen molar-refractivity contribution in [3.8, 4) is 0 Å². The maximum atomic E-state index is 14.0. The molecule has 0 bridgehead atoms. The highest BCUT2D eigenvalue weighted by molar-refractivity contribution is 8.15. The summed E-state index contributed by atoms with van der Waals surface area (Å²) < 4.78 is 46.5. The second-order valence-corrected chi connectivity index (χ2v) is 7.43. The summed E-state index contributed by atoms with van der Waals surface area (Å²) >= 11 is 1.09. The average molecular weight is 398 g/mol. The molecule has 10 heteroatoms. The van der Waals surface area contributed by atoms with Gasteiger partial charge in [-0.15, -0.1) is 0 Å². The lowest BCUT2D eigenvalue weighted by molar-refractivity contribution is -0.201. The van der Waals surface area contributed by atoms with E-state index in [-0.39, 0.29) is 11.1 Å². The first kappa shape index (κ1) is 18.1. The molecule has 27 heavy (non-hydrogen) atoms. The van der Waals surface area contributed by atoms with Crippen LogP contribution >= 0.6 is 11.8 Å². The molecule has 1 atom stereocenters. The summed E-state index contributed by atoms with van der Waals surface area (Å²) in [6.45, 7) is 1.15. The van der Waals surface area contributed by atoms with Crippen LogP contribution in [0.15, 0.2) is 39.1 Å².